The van der Waals surface area contributed by atoms with Crippen LogP contribution in [0.1, 0.15) is 34.1 Å². The van der Waals surface area contributed by atoms with Gasteiger partial charge in [0.1, 0.15) is 0 Å². The number of hydrogen-bond acceptors (Lipinski definition) is 2. The minimum atomic E-state index is -0.0166. The van der Waals surface area contributed by atoms with Gasteiger partial charge in [-0.15, -0.1) is 0 Å². The van der Waals surface area contributed by atoms with Crippen LogP contribution in [0.3, 0.4) is 0 Å². The Morgan fingerprint density at radius 1 is 1.00 bits per heavy atom. The molecule has 0 bridgehead atoms. The van der Waals surface area contributed by atoms with E-state index in [2.05, 4.69) is 0 Å². The van der Waals surface area contributed by atoms with Crippen molar-refractivity contribution in [3.8, 4) is 0 Å². The average Bonchev–Trinajstić information content (AvgIpc) is 1.88. The zero-order valence-electron chi connectivity index (χ0n) is 7.52. The lowest BCUT2D eigenvalue weighted by atomic mass is 10.0. The summed E-state index contributed by atoms with van der Waals surface area (Å²) in [5, 5.41) is 0. The lowest BCUT2D eigenvalue weighted by Crippen LogP contribution is -2.04. The molecule has 11 heavy (non-hydrogen) atoms. The molecular weight excluding hydrogens is 140 g/mol. The van der Waals surface area contributed by atoms with Crippen LogP contribution in [-0.2, 0) is 9.59 Å². The first kappa shape index (κ1) is 10.1. The van der Waals surface area contributed by atoms with Gasteiger partial charge < -0.3 is 0 Å². The van der Waals surface area contributed by atoms with Crippen LogP contribution in [0.5, 0.6) is 0 Å². The third kappa shape index (κ3) is 2.66. The molecule has 0 aliphatic rings. The Bertz CT molecular complexity index is 212. The molecule has 0 aromatic carbocycles. The average molecular weight is 154 g/mol. The molecule has 0 unspecified atom stereocenters. The summed E-state index contributed by atoms with van der Waals surface area (Å²) in [5.74, 6) is -0.0164. The number of rotatable bonds is 3. The van der Waals surface area contributed by atoms with Crippen LogP contribution in [0.2, 0.25) is 0 Å². The van der Waals surface area contributed by atoms with Gasteiger partial charge in [0.2, 0.25) is 0 Å². The largest absolute Gasteiger partial charge is 0.295 e. The standard InChI is InChI=1S/C9H14O2/c1-5-9(8(4)11)6(2)7(3)10/h5H2,1-4H3/b9-6-. The smallest absolute Gasteiger partial charge is 0.156 e. The van der Waals surface area contributed by atoms with Gasteiger partial charge >= 0.3 is 0 Å². The first-order valence-corrected chi connectivity index (χ1v) is 3.72. The summed E-state index contributed by atoms with van der Waals surface area (Å²) in [4.78, 5) is 21.7. The fourth-order valence-corrected chi connectivity index (χ4v) is 0.991. The Balaban J connectivity index is 4.83. The van der Waals surface area contributed by atoms with E-state index >= 15 is 0 Å². The molecule has 62 valence electrons. The number of carbonyl (C=O) groups is 2. The van der Waals surface area contributed by atoms with Crippen LogP contribution >= 0.6 is 0 Å². The number of carbonyl (C=O) groups excluding carboxylic acids is 2. The van der Waals surface area contributed by atoms with Gasteiger partial charge in [0.05, 0.1) is 0 Å². The van der Waals surface area contributed by atoms with Gasteiger partial charge in [-0.05, 0) is 32.8 Å². The van der Waals surface area contributed by atoms with Crippen molar-refractivity contribution in [1.29, 1.82) is 0 Å². The fraction of sp³-hybridized carbons (Fsp3) is 0.556. The maximum absolute atomic E-state index is 10.9. The van der Waals surface area contributed by atoms with Crippen LogP contribution in [-0.4, -0.2) is 11.6 Å². The van der Waals surface area contributed by atoms with Gasteiger partial charge in [-0.2, -0.15) is 0 Å². The van der Waals surface area contributed by atoms with E-state index in [9.17, 15) is 9.59 Å². The predicted octanol–water partition coefficient (Wildman–Crippen LogP) is 1.89. The zero-order valence-corrected chi connectivity index (χ0v) is 7.52. The monoisotopic (exact) mass is 154 g/mol. The zero-order chi connectivity index (χ0) is 9.02. The van der Waals surface area contributed by atoms with Crippen molar-refractivity contribution in [3.05, 3.63) is 11.1 Å². The highest BCUT2D eigenvalue weighted by Gasteiger charge is 2.08. The van der Waals surface area contributed by atoms with Gasteiger partial charge in [-0.25, -0.2) is 0 Å². The number of Topliss-reactive ketones (excluding diaryl/α,β-unsaturated/α-hetero) is 2. The first-order chi connectivity index (χ1) is 5.00. The molecule has 0 atom stereocenters. The van der Waals surface area contributed by atoms with Gasteiger partial charge in [-0.3, -0.25) is 9.59 Å². The highest BCUT2D eigenvalue weighted by molar-refractivity contribution is 6.04. The molecule has 0 aromatic rings. The van der Waals surface area contributed by atoms with Crippen molar-refractivity contribution in [2.24, 2.45) is 0 Å². The molecule has 2 heteroatoms. The van der Waals surface area contributed by atoms with Crippen molar-refractivity contribution in [1.82, 2.24) is 0 Å². The van der Waals surface area contributed by atoms with E-state index in [1.54, 1.807) is 6.92 Å². The molecule has 0 amide bonds. The highest BCUT2D eigenvalue weighted by Crippen LogP contribution is 2.09. The topological polar surface area (TPSA) is 34.1 Å². The molecule has 0 fully saturated rings. The maximum Gasteiger partial charge on any atom is 0.156 e. The summed E-state index contributed by atoms with van der Waals surface area (Å²) in [5.41, 5.74) is 1.25. The van der Waals surface area contributed by atoms with Crippen molar-refractivity contribution >= 4 is 11.6 Å². The molecule has 0 saturated carbocycles. The molecule has 0 saturated heterocycles. The summed E-state index contributed by atoms with van der Waals surface area (Å²) in [6.45, 7) is 6.55. The summed E-state index contributed by atoms with van der Waals surface area (Å²) < 4.78 is 0. The van der Waals surface area contributed by atoms with E-state index in [1.165, 1.54) is 13.8 Å². The lowest BCUT2D eigenvalue weighted by molar-refractivity contribution is -0.116. The minimum absolute atomic E-state index is 0.000185. The molecule has 0 radical (unpaired) electrons. The Kier molecular flexibility index (Phi) is 3.72. The Labute approximate surface area is 67.3 Å². The van der Waals surface area contributed by atoms with Crippen molar-refractivity contribution in [2.75, 3.05) is 0 Å². The highest BCUT2D eigenvalue weighted by atomic mass is 16.1. The number of ketones is 2. The summed E-state index contributed by atoms with van der Waals surface area (Å²) in [7, 11) is 0. The van der Waals surface area contributed by atoms with Gasteiger partial charge in [0.25, 0.3) is 0 Å². The summed E-state index contributed by atoms with van der Waals surface area (Å²) in [6, 6.07) is 0. The minimum Gasteiger partial charge on any atom is -0.295 e. The van der Waals surface area contributed by atoms with E-state index in [0.717, 1.165) is 0 Å². The molecule has 2 nitrogen and oxygen atoms in total. The first-order valence-electron chi connectivity index (χ1n) is 3.72. The Morgan fingerprint density at radius 3 is 1.55 bits per heavy atom. The van der Waals surface area contributed by atoms with Crippen molar-refractivity contribution in [2.45, 2.75) is 34.1 Å². The van der Waals surface area contributed by atoms with Gasteiger partial charge in [0, 0.05) is 5.57 Å². The molecule has 0 spiro atoms. The third-order valence-electron chi connectivity index (χ3n) is 1.76. The molecular formula is C9H14O2. The third-order valence-corrected chi connectivity index (χ3v) is 1.76. The fourth-order valence-electron chi connectivity index (χ4n) is 0.991. The van der Waals surface area contributed by atoms with E-state index in [4.69, 9.17) is 0 Å². The second kappa shape index (κ2) is 4.06. The van der Waals surface area contributed by atoms with Crippen molar-refractivity contribution < 1.29 is 9.59 Å². The van der Waals surface area contributed by atoms with Crippen LogP contribution in [0, 0.1) is 0 Å². The second-order valence-corrected chi connectivity index (χ2v) is 2.57. The molecule has 0 aliphatic heterocycles. The Hall–Kier alpha value is -0.920. The molecule has 0 aliphatic carbocycles. The van der Waals surface area contributed by atoms with Crippen LogP contribution < -0.4 is 0 Å². The quantitative estimate of drug-likeness (QED) is 0.582. The van der Waals surface area contributed by atoms with Crippen LogP contribution in [0.15, 0.2) is 11.1 Å². The molecule has 0 heterocycles. The van der Waals surface area contributed by atoms with E-state index < -0.39 is 0 Å². The predicted molar refractivity (Wildman–Crippen MR) is 44.4 cm³/mol. The van der Waals surface area contributed by atoms with E-state index in [0.29, 0.717) is 17.6 Å². The SMILES string of the molecule is CC/C(C(C)=O)=C(\C)C(C)=O. The van der Waals surface area contributed by atoms with Crippen LogP contribution in [0.4, 0.5) is 0 Å². The van der Waals surface area contributed by atoms with E-state index in [1.807, 2.05) is 6.92 Å². The molecule has 0 aromatic heterocycles. The van der Waals surface area contributed by atoms with Gasteiger partial charge in [0.15, 0.2) is 11.6 Å². The van der Waals surface area contributed by atoms with E-state index in [-0.39, 0.29) is 11.6 Å². The van der Waals surface area contributed by atoms with Gasteiger partial charge in [-0.1, -0.05) is 6.92 Å². The molecule has 0 rings (SSSR count). The summed E-state index contributed by atoms with van der Waals surface area (Å²) in [6.07, 6.45) is 0.640. The maximum atomic E-state index is 10.9. The molecule has 0 N–H and O–H groups in total. The van der Waals surface area contributed by atoms with Crippen molar-refractivity contribution in [3.63, 3.8) is 0 Å². The number of hydrogen-bond donors (Lipinski definition) is 0. The summed E-state index contributed by atoms with van der Waals surface area (Å²) >= 11 is 0. The second-order valence-electron chi connectivity index (χ2n) is 2.57. The normalized spacial score (nSPS) is 12.4. The lowest BCUT2D eigenvalue weighted by Gasteiger charge is -2.02. The Morgan fingerprint density at radius 2 is 1.45 bits per heavy atom. The number of allylic oxidation sites excluding steroid dienone is 2. The van der Waals surface area contributed by atoms with Crippen LogP contribution in [0.25, 0.3) is 0 Å².